The highest BCUT2D eigenvalue weighted by Crippen LogP contribution is 2.17. The molecule has 4 heteroatoms. The molecule has 0 saturated carbocycles. The Morgan fingerprint density at radius 2 is 1.23 bits per heavy atom. The Kier molecular flexibility index (Phi) is 8.94. The third-order valence-electron chi connectivity index (χ3n) is 4.73. The zero-order valence-electron chi connectivity index (χ0n) is 15.6. The Hall–Kier alpha value is -2.10. The summed E-state index contributed by atoms with van der Waals surface area (Å²) in [4.78, 5) is 24.4. The molecule has 2 aliphatic rings. The van der Waals surface area contributed by atoms with Crippen molar-refractivity contribution in [2.24, 2.45) is 0 Å². The maximum atomic E-state index is 12.3. The normalized spacial score (nSPS) is 18.6. The van der Waals surface area contributed by atoms with Gasteiger partial charge in [0.1, 0.15) is 0 Å². The van der Waals surface area contributed by atoms with E-state index in [2.05, 4.69) is 6.58 Å². The fourth-order valence-electron chi connectivity index (χ4n) is 3.15. The van der Waals surface area contributed by atoms with Crippen molar-refractivity contribution in [3.8, 4) is 0 Å². The average Bonchev–Trinajstić information content (AvgIpc) is 2.66. The van der Waals surface area contributed by atoms with Crippen LogP contribution in [0.4, 0.5) is 0 Å². The predicted octanol–water partition coefficient (Wildman–Crippen LogP) is 5.56. The highest BCUT2D eigenvalue weighted by atomic mass is 16.5. The maximum Gasteiger partial charge on any atom is 0.338 e. The van der Waals surface area contributed by atoms with Crippen LogP contribution >= 0.6 is 0 Å². The smallest absolute Gasteiger partial charge is 0.338 e. The molecule has 2 bridgehead atoms. The first-order valence-electron chi connectivity index (χ1n) is 9.83. The van der Waals surface area contributed by atoms with Crippen molar-refractivity contribution in [1.82, 2.24) is 0 Å². The second-order valence-corrected chi connectivity index (χ2v) is 6.81. The molecular weight excluding hydrogens is 328 g/mol. The standard InChI is InChI=1S/C22H30O4/c1-2-18-17-19-13-14-20(18)22(24)26-16-12-10-8-6-4-3-5-7-9-11-15-25-21(19)23/h2,13-14,17H,1,3-12,15-16H2. The Labute approximate surface area is 156 Å². The SMILES string of the molecule is C=Cc1cc2ccc1C(=O)OCCCCCCCCCCCCOC2=O. The molecule has 0 amide bonds. The van der Waals surface area contributed by atoms with E-state index in [-0.39, 0.29) is 11.9 Å². The average molecular weight is 358 g/mol. The summed E-state index contributed by atoms with van der Waals surface area (Å²) >= 11 is 0. The zero-order chi connectivity index (χ0) is 18.6. The molecule has 4 nitrogen and oxygen atoms in total. The van der Waals surface area contributed by atoms with E-state index in [0.717, 1.165) is 25.7 Å². The first-order valence-corrected chi connectivity index (χ1v) is 9.83. The molecule has 0 atom stereocenters. The number of carbonyl (C=O) groups is 2. The number of rotatable bonds is 1. The summed E-state index contributed by atoms with van der Waals surface area (Å²) in [6, 6.07) is 4.88. The van der Waals surface area contributed by atoms with Gasteiger partial charge < -0.3 is 9.47 Å². The van der Waals surface area contributed by atoms with E-state index in [4.69, 9.17) is 9.47 Å². The Balaban J connectivity index is 2.03. The fraction of sp³-hybridized carbons (Fsp3) is 0.545. The van der Waals surface area contributed by atoms with Crippen LogP contribution in [-0.4, -0.2) is 25.2 Å². The van der Waals surface area contributed by atoms with Gasteiger partial charge in [0.05, 0.1) is 24.3 Å². The van der Waals surface area contributed by atoms with Crippen LogP contribution in [0.25, 0.3) is 6.08 Å². The van der Waals surface area contributed by atoms with Crippen LogP contribution in [0.2, 0.25) is 0 Å². The first kappa shape index (κ1) is 20.2. The lowest BCUT2D eigenvalue weighted by Crippen LogP contribution is -2.11. The van der Waals surface area contributed by atoms with E-state index in [1.54, 1.807) is 24.3 Å². The molecule has 0 spiro atoms. The summed E-state index contributed by atoms with van der Waals surface area (Å²) in [6.45, 7) is 4.60. The van der Waals surface area contributed by atoms with Crippen molar-refractivity contribution in [2.75, 3.05) is 13.2 Å². The molecule has 142 valence electrons. The van der Waals surface area contributed by atoms with Crippen molar-refractivity contribution >= 4 is 18.0 Å². The van der Waals surface area contributed by atoms with Crippen LogP contribution in [0.5, 0.6) is 0 Å². The van der Waals surface area contributed by atoms with Crippen molar-refractivity contribution in [3.05, 3.63) is 41.5 Å². The summed E-state index contributed by atoms with van der Waals surface area (Å²) in [7, 11) is 0. The van der Waals surface area contributed by atoms with Crippen molar-refractivity contribution in [2.45, 2.75) is 64.2 Å². The van der Waals surface area contributed by atoms with Crippen LogP contribution in [-0.2, 0) is 9.47 Å². The number of benzene rings is 1. The molecule has 0 radical (unpaired) electrons. The van der Waals surface area contributed by atoms with E-state index in [1.807, 2.05) is 0 Å². The molecule has 0 N–H and O–H groups in total. The number of carbonyl (C=O) groups excluding carboxylic acids is 2. The molecule has 0 aromatic heterocycles. The van der Waals surface area contributed by atoms with Crippen LogP contribution in [0.1, 0.15) is 90.5 Å². The number of hydrogen-bond acceptors (Lipinski definition) is 4. The lowest BCUT2D eigenvalue weighted by atomic mass is 10.0. The van der Waals surface area contributed by atoms with Crippen LogP contribution in [0, 0.1) is 0 Å². The Bertz CT molecular complexity index is 606. The molecule has 3 rings (SSSR count). The van der Waals surface area contributed by atoms with Crippen LogP contribution < -0.4 is 0 Å². The Morgan fingerprint density at radius 1 is 0.731 bits per heavy atom. The molecule has 26 heavy (non-hydrogen) atoms. The van der Waals surface area contributed by atoms with Gasteiger partial charge in [-0.15, -0.1) is 0 Å². The summed E-state index contributed by atoms with van der Waals surface area (Å²) < 4.78 is 10.7. The van der Waals surface area contributed by atoms with E-state index < -0.39 is 0 Å². The Morgan fingerprint density at radius 3 is 1.77 bits per heavy atom. The van der Waals surface area contributed by atoms with Gasteiger partial charge in [-0.1, -0.05) is 64.0 Å². The molecule has 0 fully saturated rings. The highest BCUT2D eigenvalue weighted by molar-refractivity contribution is 5.97. The van der Waals surface area contributed by atoms with Gasteiger partial charge in [0.25, 0.3) is 0 Å². The van der Waals surface area contributed by atoms with Gasteiger partial charge in [0.2, 0.25) is 0 Å². The number of ether oxygens (including phenoxy) is 2. The molecule has 0 aliphatic carbocycles. The van der Waals surface area contributed by atoms with Crippen molar-refractivity contribution in [3.63, 3.8) is 0 Å². The quantitative estimate of drug-likeness (QED) is 0.617. The lowest BCUT2D eigenvalue weighted by molar-refractivity contribution is 0.0482. The van der Waals surface area contributed by atoms with Gasteiger partial charge in [0, 0.05) is 0 Å². The highest BCUT2D eigenvalue weighted by Gasteiger charge is 2.15. The third kappa shape index (κ3) is 6.66. The zero-order valence-corrected chi connectivity index (χ0v) is 15.6. The van der Waals surface area contributed by atoms with Crippen LogP contribution in [0.3, 0.4) is 0 Å². The number of esters is 2. The van der Waals surface area contributed by atoms with E-state index >= 15 is 0 Å². The predicted molar refractivity (Wildman–Crippen MR) is 103 cm³/mol. The second kappa shape index (κ2) is 11.5. The minimum absolute atomic E-state index is 0.359. The fourth-order valence-corrected chi connectivity index (χ4v) is 3.15. The van der Waals surface area contributed by atoms with Gasteiger partial charge in [0.15, 0.2) is 0 Å². The topological polar surface area (TPSA) is 52.6 Å². The molecule has 2 aliphatic heterocycles. The van der Waals surface area contributed by atoms with E-state index in [9.17, 15) is 9.59 Å². The summed E-state index contributed by atoms with van der Waals surface area (Å²) in [5.74, 6) is -0.725. The minimum atomic E-state index is -0.366. The van der Waals surface area contributed by atoms with Crippen molar-refractivity contribution < 1.29 is 19.1 Å². The van der Waals surface area contributed by atoms with Gasteiger partial charge in [-0.2, -0.15) is 0 Å². The largest absolute Gasteiger partial charge is 0.462 e. The van der Waals surface area contributed by atoms with E-state index in [1.165, 1.54) is 38.5 Å². The van der Waals surface area contributed by atoms with Gasteiger partial charge in [-0.3, -0.25) is 0 Å². The second-order valence-electron chi connectivity index (χ2n) is 6.81. The number of fused-ring (bicyclic) bond motifs is 17. The molecule has 2 heterocycles. The lowest BCUT2D eigenvalue weighted by Gasteiger charge is -2.10. The van der Waals surface area contributed by atoms with Gasteiger partial charge >= 0.3 is 11.9 Å². The van der Waals surface area contributed by atoms with Gasteiger partial charge in [-0.05, 0) is 36.6 Å². The van der Waals surface area contributed by atoms with E-state index in [0.29, 0.717) is 29.9 Å². The molecule has 0 saturated heterocycles. The summed E-state index contributed by atoms with van der Waals surface area (Å²) in [5.41, 5.74) is 1.47. The molecule has 0 unspecified atom stereocenters. The van der Waals surface area contributed by atoms with Crippen LogP contribution in [0.15, 0.2) is 24.8 Å². The first-order chi connectivity index (χ1) is 12.7. The molecule has 1 aromatic rings. The maximum absolute atomic E-state index is 12.3. The summed E-state index contributed by atoms with van der Waals surface area (Å²) in [5, 5.41) is 0. The third-order valence-corrected chi connectivity index (χ3v) is 4.73. The molecular formula is C22H30O4. The summed E-state index contributed by atoms with van der Waals surface area (Å²) in [6.07, 6.45) is 13.0. The number of hydrogen-bond donors (Lipinski definition) is 0. The van der Waals surface area contributed by atoms with Gasteiger partial charge in [-0.25, -0.2) is 9.59 Å². The molecule has 1 aromatic carbocycles. The van der Waals surface area contributed by atoms with Crippen molar-refractivity contribution in [1.29, 1.82) is 0 Å². The monoisotopic (exact) mass is 358 g/mol. The minimum Gasteiger partial charge on any atom is -0.462 e.